The van der Waals surface area contributed by atoms with Gasteiger partial charge in [0.15, 0.2) is 0 Å². The molecule has 112 valence electrons. The molecule has 1 aliphatic rings. The molecule has 1 aromatic rings. The average molecular weight is 352 g/mol. The first kappa shape index (κ1) is 15.6. The molecular formula is C14H17BrF3NO. The van der Waals surface area contributed by atoms with Gasteiger partial charge >= 0.3 is 6.18 Å². The molecule has 1 saturated carbocycles. The number of nitrogens with zero attached hydrogens (tertiary/aromatic N) is 1. The summed E-state index contributed by atoms with van der Waals surface area (Å²) in [7, 11) is 1.78. The smallest absolute Gasteiger partial charge is 0.388 e. The van der Waals surface area contributed by atoms with Gasteiger partial charge in [0.25, 0.3) is 0 Å². The zero-order chi connectivity index (χ0) is 15.0. The summed E-state index contributed by atoms with van der Waals surface area (Å²) in [6.07, 6.45) is -0.856. The van der Waals surface area contributed by atoms with E-state index in [1.807, 2.05) is 0 Å². The first-order valence-corrected chi connectivity index (χ1v) is 7.31. The van der Waals surface area contributed by atoms with Crippen LogP contribution in [0, 0.1) is 0 Å². The molecule has 1 N–H and O–H groups in total. The first-order chi connectivity index (χ1) is 9.21. The predicted molar refractivity (Wildman–Crippen MR) is 75.8 cm³/mol. The number of alkyl halides is 3. The quantitative estimate of drug-likeness (QED) is 0.881. The number of anilines is 1. The third-order valence-electron chi connectivity index (χ3n) is 3.75. The van der Waals surface area contributed by atoms with Crippen molar-refractivity contribution in [1.29, 1.82) is 0 Å². The predicted octanol–water partition coefficient (Wildman–Crippen LogP) is 4.21. The fourth-order valence-corrected chi connectivity index (χ4v) is 3.39. The molecule has 2 nitrogen and oxygen atoms in total. The number of hydrogen-bond acceptors (Lipinski definition) is 2. The van der Waals surface area contributed by atoms with E-state index in [4.69, 9.17) is 0 Å². The summed E-state index contributed by atoms with van der Waals surface area (Å²) in [5.41, 5.74) is -0.754. The van der Waals surface area contributed by atoms with Crippen molar-refractivity contribution < 1.29 is 18.3 Å². The minimum Gasteiger partial charge on any atom is -0.388 e. The van der Waals surface area contributed by atoms with E-state index in [2.05, 4.69) is 15.9 Å². The number of halogens is 4. The van der Waals surface area contributed by atoms with Crippen LogP contribution < -0.4 is 4.90 Å². The van der Waals surface area contributed by atoms with Gasteiger partial charge in [-0.15, -0.1) is 0 Å². The summed E-state index contributed by atoms with van der Waals surface area (Å²) >= 11 is 3.18. The fourth-order valence-electron chi connectivity index (χ4n) is 2.71. The van der Waals surface area contributed by atoms with Crippen molar-refractivity contribution in [3.63, 3.8) is 0 Å². The molecule has 1 aliphatic carbocycles. The molecule has 6 heteroatoms. The van der Waals surface area contributed by atoms with E-state index in [9.17, 15) is 18.3 Å². The van der Waals surface area contributed by atoms with Crippen LogP contribution in [0.4, 0.5) is 18.9 Å². The fraction of sp³-hybridized carbons (Fsp3) is 0.571. The molecule has 0 bridgehead atoms. The van der Waals surface area contributed by atoms with Crippen LogP contribution in [-0.4, -0.2) is 24.3 Å². The molecule has 2 rings (SSSR count). The van der Waals surface area contributed by atoms with E-state index >= 15 is 0 Å². The van der Waals surface area contributed by atoms with Gasteiger partial charge in [-0.05, 0) is 47.0 Å². The van der Waals surface area contributed by atoms with Crippen LogP contribution in [0.25, 0.3) is 0 Å². The second kappa shape index (κ2) is 5.56. The number of aliphatic hydroxyl groups is 1. The lowest BCUT2D eigenvalue weighted by molar-refractivity contribution is -0.137. The highest BCUT2D eigenvalue weighted by Gasteiger charge is 2.34. The Morgan fingerprint density at radius 2 is 1.90 bits per heavy atom. The molecule has 0 aliphatic heterocycles. The molecule has 1 aromatic carbocycles. The number of hydrogen-bond donors (Lipinski definition) is 1. The second-order valence-corrected chi connectivity index (χ2v) is 6.31. The summed E-state index contributed by atoms with van der Waals surface area (Å²) in [6.45, 7) is 0.428. The zero-order valence-electron chi connectivity index (χ0n) is 11.2. The highest BCUT2D eigenvalue weighted by atomic mass is 79.9. The van der Waals surface area contributed by atoms with Crippen LogP contribution >= 0.6 is 15.9 Å². The molecule has 0 saturated heterocycles. The van der Waals surface area contributed by atoms with Gasteiger partial charge in [-0.25, -0.2) is 0 Å². The maximum Gasteiger partial charge on any atom is 0.416 e. The summed E-state index contributed by atoms with van der Waals surface area (Å²) < 4.78 is 38.2. The second-order valence-electron chi connectivity index (χ2n) is 5.45. The summed E-state index contributed by atoms with van der Waals surface area (Å²) in [5.74, 6) is 0. The number of likely N-dealkylation sites (N-methyl/N-ethyl adjacent to an activating group) is 1. The van der Waals surface area contributed by atoms with Crippen LogP contribution in [0.1, 0.15) is 31.2 Å². The average Bonchev–Trinajstić information content (AvgIpc) is 2.74. The van der Waals surface area contributed by atoms with Crippen molar-refractivity contribution in [1.82, 2.24) is 0 Å². The molecule has 0 amide bonds. The third kappa shape index (κ3) is 3.47. The van der Waals surface area contributed by atoms with E-state index < -0.39 is 17.3 Å². The third-order valence-corrected chi connectivity index (χ3v) is 4.39. The van der Waals surface area contributed by atoms with E-state index in [0.29, 0.717) is 16.7 Å². The number of benzene rings is 1. The van der Waals surface area contributed by atoms with Gasteiger partial charge in [0, 0.05) is 18.1 Å². The lowest BCUT2D eigenvalue weighted by Gasteiger charge is -2.30. The van der Waals surface area contributed by atoms with E-state index in [1.165, 1.54) is 6.07 Å². The minimum atomic E-state index is -4.34. The largest absolute Gasteiger partial charge is 0.416 e. The van der Waals surface area contributed by atoms with Gasteiger partial charge in [0.1, 0.15) is 0 Å². The molecule has 0 heterocycles. The Morgan fingerprint density at radius 1 is 1.30 bits per heavy atom. The van der Waals surface area contributed by atoms with Crippen molar-refractivity contribution in [3.05, 3.63) is 28.2 Å². The molecule has 0 unspecified atom stereocenters. The monoisotopic (exact) mass is 351 g/mol. The molecule has 0 atom stereocenters. The number of rotatable bonds is 3. The first-order valence-electron chi connectivity index (χ1n) is 6.52. The Kier molecular flexibility index (Phi) is 4.35. The van der Waals surface area contributed by atoms with Gasteiger partial charge in [-0.3, -0.25) is 0 Å². The summed E-state index contributed by atoms with van der Waals surface area (Å²) in [4.78, 5) is 1.80. The standard InChI is InChI=1S/C14H17BrF3NO/c1-19(9-13(20)6-2-3-7-13)12-5-4-10(8-11(12)15)14(16,17)18/h4-5,8,20H,2-3,6-7,9H2,1H3. The van der Waals surface area contributed by atoms with Crippen LogP contribution in [0.3, 0.4) is 0 Å². The van der Waals surface area contributed by atoms with Crippen LogP contribution in [0.5, 0.6) is 0 Å². The lowest BCUT2D eigenvalue weighted by atomic mass is 10.0. The van der Waals surface area contributed by atoms with Crippen LogP contribution in [0.15, 0.2) is 22.7 Å². The molecule has 0 spiro atoms. The van der Waals surface area contributed by atoms with Gasteiger partial charge in [0.2, 0.25) is 0 Å². The van der Waals surface area contributed by atoms with Gasteiger partial charge in [0.05, 0.1) is 16.9 Å². The van der Waals surface area contributed by atoms with Crippen molar-refractivity contribution >= 4 is 21.6 Å². The SMILES string of the molecule is CN(CC1(O)CCCC1)c1ccc(C(F)(F)F)cc1Br. The minimum absolute atomic E-state index is 0.386. The van der Waals surface area contributed by atoms with Crippen molar-refractivity contribution in [2.45, 2.75) is 37.5 Å². The Bertz CT molecular complexity index is 484. The van der Waals surface area contributed by atoms with Crippen molar-refractivity contribution in [3.8, 4) is 0 Å². The lowest BCUT2D eigenvalue weighted by Crippen LogP contribution is -2.39. The maximum absolute atomic E-state index is 12.6. The zero-order valence-corrected chi connectivity index (χ0v) is 12.8. The van der Waals surface area contributed by atoms with Crippen molar-refractivity contribution in [2.24, 2.45) is 0 Å². The van der Waals surface area contributed by atoms with E-state index in [0.717, 1.165) is 37.8 Å². The van der Waals surface area contributed by atoms with Gasteiger partial charge < -0.3 is 10.0 Å². The molecular weight excluding hydrogens is 335 g/mol. The van der Waals surface area contributed by atoms with E-state index in [-0.39, 0.29) is 0 Å². The molecule has 0 aromatic heterocycles. The van der Waals surface area contributed by atoms with Crippen LogP contribution in [-0.2, 0) is 6.18 Å². The summed E-state index contributed by atoms with van der Waals surface area (Å²) in [6, 6.07) is 3.57. The highest BCUT2D eigenvalue weighted by molar-refractivity contribution is 9.10. The Labute approximate surface area is 124 Å². The Hall–Kier alpha value is -0.750. The molecule has 20 heavy (non-hydrogen) atoms. The van der Waals surface area contributed by atoms with Crippen LogP contribution in [0.2, 0.25) is 0 Å². The van der Waals surface area contributed by atoms with Gasteiger partial charge in [-0.1, -0.05) is 12.8 Å². The van der Waals surface area contributed by atoms with Gasteiger partial charge in [-0.2, -0.15) is 13.2 Å². The topological polar surface area (TPSA) is 23.5 Å². The molecule has 1 fully saturated rings. The highest BCUT2D eigenvalue weighted by Crippen LogP contribution is 2.36. The Balaban J connectivity index is 2.16. The molecule has 0 radical (unpaired) electrons. The van der Waals surface area contributed by atoms with E-state index in [1.54, 1.807) is 11.9 Å². The normalized spacial score (nSPS) is 18.3. The maximum atomic E-state index is 12.6. The summed E-state index contributed by atoms with van der Waals surface area (Å²) in [5, 5.41) is 10.4. The van der Waals surface area contributed by atoms with Crippen molar-refractivity contribution in [2.75, 3.05) is 18.5 Å². The Morgan fingerprint density at radius 3 is 2.40 bits per heavy atom.